The van der Waals surface area contributed by atoms with E-state index in [0.717, 1.165) is 24.3 Å². The number of anilines is 1. The van der Waals surface area contributed by atoms with E-state index in [-0.39, 0.29) is 6.04 Å². The number of methoxy groups -OCH3 is 1. The first-order chi connectivity index (χ1) is 14.0. The molecule has 1 aromatic rings. The van der Waals surface area contributed by atoms with Crippen LogP contribution in [0.15, 0.2) is 29.3 Å². The van der Waals surface area contributed by atoms with Gasteiger partial charge in [-0.15, -0.1) is 0 Å². The summed E-state index contributed by atoms with van der Waals surface area (Å²) < 4.78 is 15.8. The minimum atomic E-state index is -0.402. The monoisotopic (exact) mass is 408 g/mol. The van der Waals surface area contributed by atoms with Crippen LogP contribution in [0.1, 0.15) is 33.6 Å². The lowest BCUT2D eigenvalue weighted by atomic mass is 10.0. The van der Waals surface area contributed by atoms with Crippen LogP contribution >= 0.6 is 0 Å². The number of alkyl carbamates (subject to hydrolysis) is 1. The summed E-state index contributed by atoms with van der Waals surface area (Å²) >= 11 is 0. The Hall–Kier alpha value is -2.48. The molecule has 0 aromatic heterocycles. The van der Waals surface area contributed by atoms with Crippen molar-refractivity contribution in [1.82, 2.24) is 10.6 Å². The molecule has 8 nitrogen and oxygen atoms in total. The van der Waals surface area contributed by atoms with E-state index >= 15 is 0 Å². The summed E-state index contributed by atoms with van der Waals surface area (Å²) in [5, 5.41) is 9.41. The third-order valence-electron chi connectivity index (χ3n) is 3.95. The van der Waals surface area contributed by atoms with Crippen LogP contribution in [0, 0.1) is 5.92 Å². The number of guanidine groups is 1. The quantitative estimate of drug-likeness (QED) is 0.279. The molecule has 0 fully saturated rings. The maximum Gasteiger partial charge on any atom is 0.407 e. The van der Waals surface area contributed by atoms with E-state index in [0.29, 0.717) is 38.2 Å². The molecule has 0 spiro atoms. The molecule has 29 heavy (non-hydrogen) atoms. The van der Waals surface area contributed by atoms with Gasteiger partial charge in [0, 0.05) is 51.5 Å². The van der Waals surface area contributed by atoms with E-state index in [1.807, 2.05) is 24.3 Å². The fourth-order valence-corrected chi connectivity index (χ4v) is 2.69. The van der Waals surface area contributed by atoms with Gasteiger partial charge in [-0.3, -0.25) is 4.99 Å². The van der Waals surface area contributed by atoms with Crippen LogP contribution in [0.2, 0.25) is 0 Å². The zero-order valence-electron chi connectivity index (χ0n) is 18.3. The summed E-state index contributed by atoms with van der Waals surface area (Å²) in [6.45, 7) is 8.17. The van der Waals surface area contributed by atoms with Crippen molar-refractivity contribution in [3.63, 3.8) is 0 Å². The number of carbonyl (C=O) groups excluding carboxylic acids is 1. The highest BCUT2D eigenvalue weighted by Gasteiger charge is 2.15. The van der Waals surface area contributed by atoms with Gasteiger partial charge in [-0.2, -0.15) is 0 Å². The highest BCUT2D eigenvalue weighted by molar-refractivity contribution is 5.93. The molecular weight excluding hydrogens is 372 g/mol. The lowest BCUT2D eigenvalue weighted by Gasteiger charge is -2.22. The summed E-state index contributed by atoms with van der Waals surface area (Å²) in [6.07, 6.45) is 1.26. The molecule has 3 N–H and O–H groups in total. The van der Waals surface area contributed by atoms with Gasteiger partial charge < -0.3 is 30.2 Å². The molecule has 1 unspecified atom stereocenters. The minimum Gasteiger partial charge on any atom is -0.493 e. The highest BCUT2D eigenvalue weighted by atomic mass is 16.5. The number of aliphatic imine (C=N–C) groups is 1. The highest BCUT2D eigenvalue weighted by Crippen LogP contribution is 2.17. The third kappa shape index (κ3) is 11.2. The van der Waals surface area contributed by atoms with Crippen molar-refractivity contribution >= 4 is 17.7 Å². The molecule has 0 saturated carbocycles. The van der Waals surface area contributed by atoms with E-state index in [9.17, 15) is 4.79 Å². The lowest BCUT2D eigenvalue weighted by molar-refractivity contribution is 0.146. The Labute approximate surface area is 174 Å². The standard InChI is InChI=1S/C21H36N4O4/c1-6-28-21(26)25-18(13-16(2)3)15-23-20(22-4)24-17-9-7-10-19(14-17)29-12-8-11-27-5/h7,9-10,14,16,18H,6,8,11-13,15H2,1-5H3,(H,25,26)(H2,22,23,24). The minimum absolute atomic E-state index is 0.0666. The fourth-order valence-electron chi connectivity index (χ4n) is 2.69. The van der Waals surface area contributed by atoms with E-state index < -0.39 is 6.09 Å². The second-order valence-electron chi connectivity index (χ2n) is 6.99. The molecule has 0 aliphatic heterocycles. The third-order valence-corrected chi connectivity index (χ3v) is 3.95. The second-order valence-corrected chi connectivity index (χ2v) is 6.99. The number of benzene rings is 1. The van der Waals surface area contributed by atoms with E-state index in [1.54, 1.807) is 21.1 Å². The lowest BCUT2D eigenvalue weighted by Crippen LogP contribution is -2.46. The zero-order chi connectivity index (χ0) is 21.5. The van der Waals surface area contributed by atoms with Crippen LogP contribution in [0.5, 0.6) is 5.75 Å². The van der Waals surface area contributed by atoms with Crippen LogP contribution in [0.4, 0.5) is 10.5 Å². The zero-order valence-corrected chi connectivity index (χ0v) is 18.3. The fraction of sp³-hybridized carbons (Fsp3) is 0.619. The van der Waals surface area contributed by atoms with Crippen LogP contribution in [0.25, 0.3) is 0 Å². The Kier molecular flexibility index (Phi) is 12.3. The maximum atomic E-state index is 11.8. The molecule has 1 atom stereocenters. The molecule has 0 radical (unpaired) electrons. The number of hydrogen-bond donors (Lipinski definition) is 3. The van der Waals surface area contributed by atoms with Crippen LogP contribution in [0.3, 0.4) is 0 Å². The van der Waals surface area contributed by atoms with Crippen LogP contribution in [-0.2, 0) is 9.47 Å². The SMILES string of the molecule is CCOC(=O)NC(CNC(=NC)Nc1cccc(OCCCOC)c1)CC(C)C. The predicted molar refractivity (Wildman–Crippen MR) is 117 cm³/mol. The summed E-state index contributed by atoms with van der Waals surface area (Å²) in [4.78, 5) is 16.0. The molecule has 0 heterocycles. The van der Waals surface area contributed by atoms with Gasteiger partial charge in [0.2, 0.25) is 0 Å². The predicted octanol–water partition coefficient (Wildman–Crippen LogP) is 3.25. The maximum absolute atomic E-state index is 11.8. The van der Waals surface area contributed by atoms with Gasteiger partial charge in [-0.25, -0.2) is 4.79 Å². The first-order valence-corrected chi connectivity index (χ1v) is 10.1. The average Bonchev–Trinajstić information content (AvgIpc) is 2.68. The number of hydrogen-bond acceptors (Lipinski definition) is 5. The van der Waals surface area contributed by atoms with Crippen molar-refractivity contribution in [2.75, 3.05) is 45.8 Å². The normalized spacial score (nSPS) is 12.4. The summed E-state index contributed by atoms with van der Waals surface area (Å²) in [7, 11) is 3.38. The summed E-state index contributed by atoms with van der Waals surface area (Å²) in [5.41, 5.74) is 0.862. The number of nitrogens with zero attached hydrogens (tertiary/aromatic N) is 1. The number of rotatable bonds is 12. The van der Waals surface area contributed by atoms with Crippen LogP contribution in [-0.4, -0.2) is 58.6 Å². The van der Waals surface area contributed by atoms with Crippen molar-refractivity contribution in [2.45, 2.75) is 39.7 Å². The molecular formula is C21H36N4O4. The number of nitrogens with one attached hydrogen (secondary N) is 3. The smallest absolute Gasteiger partial charge is 0.407 e. The van der Waals surface area contributed by atoms with Gasteiger partial charge in [0.05, 0.1) is 13.2 Å². The van der Waals surface area contributed by atoms with Gasteiger partial charge in [0.25, 0.3) is 0 Å². The molecule has 0 aliphatic carbocycles. The molecule has 0 saturated heterocycles. The topological polar surface area (TPSA) is 93.2 Å². The Morgan fingerprint density at radius 3 is 2.69 bits per heavy atom. The number of carbonyl (C=O) groups is 1. The van der Waals surface area contributed by atoms with E-state index in [4.69, 9.17) is 14.2 Å². The van der Waals surface area contributed by atoms with Crippen molar-refractivity contribution in [1.29, 1.82) is 0 Å². The van der Waals surface area contributed by atoms with Crippen molar-refractivity contribution in [3.05, 3.63) is 24.3 Å². The second kappa shape index (κ2) is 14.5. The molecule has 1 aromatic carbocycles. The van der Waals surface area contributed by atoms with Gasteiger partial charge in [0.15, 0.2) is 5.96 Å². The van der Waals surface area contributed by atoms with Crippen molar-refractivity contribution < 1.29 is 19.0 Å². The van der Waals surface area contributed by atoms with Crippen molar-refractivity contribution in [3.8, 4) is 5.75 Å². The Balaban J connectivity index is 2.60. The molecule has 164 valence electrons. The molecule has 8 heteroatoms. The van der Waals surface area contributed by atoms with E-state index in [1.165, 1.54) is 0 Å². The largest absolute Gasteiger partial charge is 0.493 e. The summed E-state index contributed by atoms with van der Waals surface area (Å²) in [5.74, 6) is 1.83. The van der Waals surface area contributed by atoms with Gasteiger partial charge in [-0.1, -0.05) is 19.9 Å². The average molecular weight is 409 g/mol. The molecule has 0 bridgehead atoms. The molecule has 1 amide bonds. The van der Waals surface area contributed by atoms with Gasteiger partial charge in [-0.05, 0) is 31.4 Å². The Morgan fingerprint density at radius 1 is 1.24 bits per heavy atom. The number of ether oxygens (including phenoxy) is 3. The Morgan fingerprint density at radius 2 is 2.03 bits per heavy atom. The summed E-state index contributed by atoms with van der Waals surface area (Å²) in [6, 6.07) is 7.63. The molecule has 0 aliphatic rings. The molecule has 1 rings (SSSR count). The first kappa shape index (κ1) is 24.6. The number of amides is 1. The van der Waals surface area contributed by atoms with Crippen molar-refractivity contribution in [2.24, 2.45) is 10.9 Å². The Bertz CT molecular complexity index is 622. The first-order valence-electron chi connectivity index (χ1n) is 10.1. The van der Waals surface area contributed by atoms with E-state index in [2.05, 4.69) is 34.8 Å². The van der Waals surface area contributed by atoms with Crippen LogP contribution < -0.4 is 20.7 Å². The van der Waals surface area contributed by atoms with Gasteiger partial charge >= 0.3 is 6.09 Å². The van der Waals surface area contributed by atoms with Gasteiger partial charge in [0.1, 0.15) is 5.75 Å².